The molecule has 162 valence electrons. The summed E-state index contributed by atoms with van der Waals surface area (Å²) in [7, 11) is -2.15. The van der Waals surface area contributed by atoms with Crippen molar-refractivity contribution < 1.29 is 22.7 Å². The number of ether oxygens (including phenoxy) is 2. The highest BCUT2D eigenvalue weighted by atomic mass is 32.2. The molecule has 2 aromatic rings. The normalized spacial score (nSPS) is 14.9. The number of amides is 1. The Morgan fingerprint density at radius 1 is 1.03 bits per heavy atom. The largest absolute Gasteiger partial charge is 0.495 e. The zero-order valence-corrected chi connectivity index (χ0v) is 18.4. The van der Waals surface area contributed by atoms with E-state index in [2.05, 4.69) is 5.32 Å². The standard InChI is InChI=1S/C22H28N2O5S/c1-16-7-9-20(17(2)13-16)29-15-22(25)23-19-14-18(8-10-21(19)28-3)30(26,27)24-11-5-4-6-12-24/h7-10,13-14H,4-6,11-12,15H2,1-3H3,(H,23,25). The molecule has 0 unspecified atom stereocenters. The van der Waals surface area contributed by atoms with Crippen molar-refractivity contribution in [3.63, 3.8) is 0 Å². The van der Waals surface area contributed by atoms with Crippen molar-refractivity contribution in [2.75, 3.05) is 32.1 Å². The van der Waals surface area contributed by atoms with Crippen molar-refractivity contribution >= 4 is 21.6 Å². The second kappa shape index (κ2) is 9.49. The van der Waals surface area contributed by atoms with Gasteiger partial charge in [-0.05, 0) is 56.5 Å². The van der Waals surface area contributed by atoms with Crippen LogP contribution in [0.2, 0.25) is 0 Å². The van der Waals surface area contributed by atoms with Crippen LogP contribution in [0.15, 0.2) is 41.3 Å². The fraction of sp³-hybridized carbons (Fsp3) is 0.409. The first-order chi connectivity index (χ1) is 14.3. The maximum atomic E-state index is 12.9. The van der Waals surface area contributed by atoms with Gasteiger partial charge in [-0.25, -0.2) is 8.42 Å². The van der Waals surface area contributed by atoms with Gasteiger partial charge in [0.15, 0.2) is 6.61 Å². The fourth-order valence-electron chi connectivity index (χ4n) is 3.49. The molecule has 1 amide bonds. The summed E-state index contributed by atoms with van der Waals surface area (Å²) in [6.45, 7) is 4.73. The van der Waals surface area contributed by atoms with Crippen LogP contribution in [0.3, 0.4) is 0 Å². The number of sulfonamides is 1. The Hall–Kier alpha value is -2.58. The molecule has 0 aromatic heterocycles. The van der Waals surface area contributed by atoms with E-state index in [1.807, 2.05) is 32.0 Å². The van der Waals surface area contributed by atoms with Crippen molar-refractivity contribution in [3.8, 4) is 11.5 Å². The van der Waals surface area contributed by atoms with Crippen molar-refractivity contribution in [1.29, 1.82) is 0 Å². The van der Waals surface area contributed by atoms with E-state index in [4.69, 9.17) is 9.47 Å². The molecule has 30 heavy (non-hydrogen) atoms. The predicted molar refractivity (Wildman–Crippen MR) is 116 cm³/mol. The van der Waals surface area contributed by atoms with Crippen molar-refractivity contribution in [2.45, 2.75) is 38.0 Å². The lowest BCUT2D eigenvalue weighted by atomic mass is 10.1. The molecule has 3 rings (SSSR count). The average molecular weight is 433 g/mol. The Morgan fingerprint density at radius 2 is 1.73 bits per heavy atom. The predicted octanol–water partition coefficient (Wildman–Crippen LogP) is 3.50. The summed E-state index contributed by atoms with van der Waals surface area (Å²) in [6, 6.07) is 10.2. The molecule has 7 nitrogen and oxygen atoms in total. The number of methoxy groups -OCH3 is 1. The SMILES string of the molecule is COc1ccc(S(=O)(=O)N2CCCCC2)cc1NC(=O)COc1ccc(C)cc1C. The number of nitrogens with zero attached hydrogens (tertiary/aromatic N) is 1. The lowest BCUT2D eigenvalue weighted by Gasteiger charge is -2.26. The number of nitrogens with one attached hydrogen (secondary N) is 1. The summed E-state index contributed by atoms with van der Waals surface area (Å²) in [4.78, 5) is 12.6. The van der Waals surface area contributed by atoms with Gasteiger partial charge in [-0.2, -0.15) is 4.31 Å². The summed E-state index contributed by atoms with van der Waals surface area (Å²) in [5.74, 6) is 0.609. The summed E-state index contributed by atoms with van der Waals surface area (Å²) in [6.07, 6.45) is 2.75. The first-order valence-electron chi connectivity index (χ1n) is 9.99. The number of anilines is 1. The maximum absolute atomic E-state index is 12.9. The molecule has 1 fully saturated rings. The third kappa shape index (κ3) is 5.12. The first kappa shape index (κ1) is 22.1. The summed E-state index contributed by atoms with van der Waals surface area (Å²) < 4.78 is 38.3. The van der Waals surface area contributed by atoms with E-state index in [1.165, 1.54) is 23.5 Å². The topological polar surface area (TPSA) is 84.9 Å². The van der Waals surface area contributed by atoms with Crippen LogP contribution < -0.4 is 14.8 Å². The Morgan fingerprint density at radius 3 is 2.40 bits per heavy atom. The van der Waals surface area contributed by atoms with E-state index in [0.717, 1.165) is 30.4 Å². The van der Waals surface area contributed by atoms with Crippen LogP contribution in [0.25, 0.3) is 0 Å². The van der Waals surface area contributed by atoms with E-state index >= 15 is 0 Å². The highest BCUT2D eigenvalue weighted by molar-refractivity contribution is 7.89. The number of carbonyl (C=O) groups excluding carboxylic acids is 1. The highest BCUT2D eigenvalue weighted by Crippen LogP contribution is 2.30. The number of rotatable bonds is 7. The minimum Gasteiger partial charge on any atom is -0.495 e. The van der Waals surface area contributed by atoms with Crippen molar-refractivity contribution in [3.05, 3.63) is 47.5 Å². The smallest absolute Gasteiger partial charge is 0.262 e. The fourth-order valence-corrected chi connectivity index (χ4v) is 5.03. The zero-order valence-electron chi connectivity index (χ0n) is 17.6. The lowest BCUT2D eigenvalue weighted by Crippen LogP contribution is -2.35. The molecule has 0 radical (unpaired) electrons. The van der Waals surface area contributed by atoms with Gasteiger partial charge in [0.2, 0.25) is 10.0 Å². The van der Waals surface area contributed by atoms with Crippen LogP contribution in [-0.4, -0.2) is 45.4 Å². The van der Waals surface area contributed by atoms with E-state index < -0.39 is 15.9 Å². The molecule has 1 aliphatic rings. The molecular weight excluding hydrogens is 404 g/mol. The summed E-state index contributed by atoms with van der Waals surface area (Å²) in [5.41, 5.74) is 2.35. The van der Waals surface area contributed by atoms with Gasteiger partial charge in [-0.3, -0.25) is 4.79 Å². The number of hydrogen-bond donors (Lipinski definition) is 1. The molecule has 0 atom stereocenters. The molecule has 2 aromatic carbocycles. The van der Waals surface area contributed by atoms with Crippen molar-refractivity contribution in [2.24, 2.45) is 0 Å². The van der Waals surface area contributed by atoms with Gasteiger partial charge >= 0.3 is 0 Å². The number of carbonyl (C=O) groups is 1. The van der Waals surface area contributed by atoms with Crippen LogP contribution >= 0.6 is 0 Å². The van der Waals surface area contributed by atoms with Crippen LogP contribution in [0.5, 0.6) is 11.5 Å². The number of aryl methyl sites for hydroxylation is 2. The van der Waals surface area contributed by atoms with Gasteiger partial charge in [-0.1, -0.05) is 24.1 Å². The summed E-state index contributed by atoms with van der Waals surface area (Å²) >= 11 is 0. The molecule has 1 N–H and O–H groups in total. The van der Waals surface area contributed by atoms with Crippen LogP contribution in [-0.2, 0) is 14.8 Å². The molecule has 0 spiro atoms. The van der Waals surface area contributed by atoms with Crippen molar-refractivity contribution in [1.82, 2.24) is 4.31 Å². The Bertz CT molecular complexity index is 1010. The van der Waals surface area contributed by atoms with Gasteiger partial charge in [0.05, 0.1) is 17.7 Å². The van der Waals surface area contributed by atoms with Crippen LogP contribution in [0.1, 0.15) is 30.4 Å². The van der Waals surface area contributed by atoms with Gasteiger partial charge in [0, 0.05) is 13.1 Å². The minimum atomic E-state index is -3.62. The zero-order chi connectivity index (χ0) is 21.7. The second-order valence-electron chi connectivity index (χ2n) is 7.43. The molecule has 0 aliphatic carbocycles. The Labute approximate surface area is 178 Å². The Kier molecular flexibility index (Phi) is 6.99. The van der Waals surface area contributed by atoms with Crippen LogP contribution in [0, 0.1) is 13.8 Å². The highest BCUT2D eigenvalue weighted by Gasteiger charge is 2.27. The van der Waals surface area contributed by atoms with Gasteiger partial charge in [0.1, 0.15) is 11.5 Å². The molecular formula is C22H28N2O5S. The van der Waals surface area contributed by atoms with E-state index in [1.54, 1.807) is 6.07 Å². The first-order valence-corrected chi connectivity index (χ1v) is 11.4. The van der Waals surface area contributed by atoms with E-state index in [9.17, 15) is 13.2 Å². The van der Waals surface area contributed by atoms with Gasteiger partial charge in [-0.15, -0.1) is 0 Å². The Balaban J connectivity index is 1.74. The van der Waals surface area contributed by atoms with E-state index in [0.29, 0.717) is 30.3 Å². The average Bonchev–Trinajstić information content (AvgIpc) is 2.73. The lowest BCUT2D eigenvalue weighted by molar-refractivity contribution is -0.118. The third-order valence-corrected chi connectivity index (χ3v) is 6.98. The number of benzene rings is 2. The van der Waals surface area contributed by atoms with Gasteiger partial charge in [0.25, 0.3) is 5.91 Å². The monoisotopic (exact) mass is 432 g/mol. The summed E-state index contributed by atoms with van der Waals surface area (Å²) in [5, 5.41) is 2.71. The molecule has 1 heterocycles. The van der Waals surface area contributed by atoms with E-state index in [-0.39, 0.29) is 11.5 Å². The molecule has 1 aliphatic heterocycles. The van der Waals surface area contributed by atoms with Gasteiger partial charge < -0.3 is 14.8 Å². The molecule has 0 saturated carbocycles. The second-order valence-corrected chi connectivity index (χ2v) is 9.37. The number of hydrogen-bond acceptors (Lipinski definition) is 5. The third-order valence-electron chi connectivity index (χ3n) is 5.09. The maximum Gasteiger partial charge on any atom is 0.262 e. The quantitative estimate of drug-likeness (QED) is 0.724. The molecule has 0 bridgehead atoms. The molecule has 1 saturated heterocycles. The van der Waals surface area contributed by atoms with Crippen LogP contribution in [0.4, 0.5) is 5.69 Å². The molecule has 8 heteroatoms. The number of piperidine rings is 1. The minimum absolute atomic E-state index is 0.135.